The van der Waals surface area contributed by atoms with E-state index in [9.17, 15) is 13.6 Å². The molecule has 0 bridgehead atoms. The normalized spacial score (nSPS) is 18.1. The summed E-state index contributed by atoms with van der Waals surface area (Å²) in [6.45, 7) is 0.423. The molecule has 2 heterocycles. The molecule has 3 rings (SSSR count). The summed E-state index contributed by atoms with van der Waals surface area (Å²) in [5, 5.41) is 6.77. The average molecular weight is 406 g/mol. The number of carbonyl (C=O) groups is 1. The lowest BCUT2D eigenvalue weighted by molar-refractivity contribution is 0.129. The van der Waals surface area contributed by atoms with Crippen molar-refractivity contribution in [3.8, 4) is 0 Å². The van der Waals surface area contributed by atoms with E-state index in [1.807, 2.05) is 22.6 Å². The summed E-state index contributed by atoms with van der Waals surface area (Å²) in [5.74, 6) is -1.10. The molecule has 6 nitrogen and oxygen atoms in total. The number of nitrogens with zero attached hydrogens (tertiary/aromatic N) is 4. The number of aromatic nitrogens is 3. The fourth-order valence-electron chi connectivity index (χ4n) is 2.05. The molecule has 1 aliphatic rings. The van der Waals surface area contributed by atoms with Crippen LogP contribution >= 0.6 is 22.6 Å². The highest BCUT2D eigenvalue weighted by atomic mass is 127. The number of ether oxygens (including phenoxy) is 1. The molecule has 1 fully saturated rings. The van der Waals surface area contributed by atoms with Gasteiger partial charge in [0.1, 0.15) is 11.9 Å². The van der Waals surface area contributed by atoms with E-state index in [0.717, 1.165) is 6.20 Å². The van der Waals surface area contributed by atoms with Crippen LogP contribution in [0.1, 0.15) is 0 Å². The zero-order chi connectivity index (χ0) is 15.0. The molecule has 110 valence electrons. The first-order valence-electron chi connectivity index (χ1n) is 6.02. The second kappa shape index (κ2) is 5.54. The van der Waals surface area contributed by atoms with Crippen molar-refractivity contribution >= 4 is 34.4 Å². The number of carbonyl (C=O) groups excluding carboxylic acids is 1. The predicted molar refractivity (Wildman–Crippen MR) is 76.7 cm³/mol. The van der Waals surface area contributed by atoms with Gasteiger partial charge in [0, 0.05) is 3.57 Å². The molecule has 1 aromatic carbocycles. The highest BCUT2D eigenvalue weighted by Gasteiger charge is 2.33. The first kappa shape index (κ1) is 14.2. The second-order valence-corrected chi connectivity index (χ2v) is 5.64. The fourth-order valence-corrected chi connectivity index (χ4v) is 2.39. The molecule has 0 saturated carbocycles. The van der Waals surface area contributed by atoms with Crippen molar-refractivity contribution < 1.29 is 18.3 Å². The van der Waals surface area contributed by atoms with Crippen molar-refractivity contribution in [2.75, 3.05) is 11.4 Å². The summed E-state index contributed by atoms with van der Waals surface area (Å²) >= 11 is 1.87. The molecule has 2 aromatic rings. The molecule has 1 saturated heterocycles. The lowest BCUT2D eigenvalue weighted by atomic mass is 10.2. The lowest BCUT2D eigenvalue weighted by Crippen LogP contribution is -2.26. The number of rotatable bonds is 3. The van der Waals surface area contributed by atoms with Gasteiger partial charge in [-0.3, -0.25) is 4.90 Å². The lowest BCUT2D eigenvalue weighted by Gasteiger charge is -2.13. The van der Waals surface area contributed by atoms with E-state index in [1.165, 1.54) is 15.6 Å². The third-order valence-corrected chi connectivity index (χ3v) is 3.87. The Morgan fingerprint density at radius 3 is 2.90 bits per heavy atom. The number of benzene rings is 1. The van der Waals surface area contributed by atoms with Crippen molar-refractivity contribution in [2.45, 2.75) is 12.6 Å². The van der Waals surface area contributed by atoms with Crippen LogP contribution in [0, 0.1) is 15.3 Å². The van der Waals surface area contributed by atoms with E-state index in [-0.39, 0.29) is 13.1 Å². The number of hydrogen-bond acceptors (Lipinski definition) is 4. The molecule has 0 radical (unpaired) electrons. The molecule has 1 aromatic heterocycles. The Morgan fingerprint density at radius 1 is 1.43 bits per heavy atom. The summed E-state index contributed by atoms with van der Waals surface area (Å²) in [6.07, 6.45) is 0.0447. The Morgan fingerprint density at radius 2 is 2.24 bits per heavy atom. The van der Waals surface area contributed by atoms with Crippen LogP contribution in [-0.4, -0.2) is 33.7 Å². The average Bonchev–Trinajstić information content (AvgIpc) is 3.00. The third kappa shape index (κ3) is 2.96. The van der Waals surface area contributed by atoms with Crippen molar-refractivity contribution in [1.82, 2.24) is 15.0 Å². The Labute approximate surface area is 131 Å². The van der Waals surface area contributed by atoms with Crippen LogP contribution in [0.2, 0.25) is 0 Å². The van der Waals surface area contributed by atoms with Gasteiger partial charge in [-0.25, -0.2) is 13.9 Å². The Bertz CT molecular complexity index is 694. The number of halogens is 3. The molecule has 1 aliphatic heterocycles. The zero-order valence-electron chi connectivity index (χ0n) is 10.5. The van der Waals surface area contributed by atoms with Crippen LogP contribution in [0.5, 0.6) is 0 Å². The summed E-state index contributed by atoms with van der Waals surface area (Å²) in [5.41, 5.74) is 0.421. The monoisotopic (exact) mass is 406 g/mol. The number of cyclic esters (lactones) is 1. The maximum atomic E-state index is 13.6. The molecule has 1 amide bonds. The zero-order valence-corrected chi connectivity index (χ0v) is 12.7. The van der Waals surface area contributed by atoms with Crippen molar-refractivity contribution in [2.24, 2.45) is 0 Å². The maximum absolute atomic E-state index is 13.6. The molecule has 9 heteroatoms. The topological polar surface area (TPSA) is 60.3 Å². The standard InChI is InChI=1S/C12H9F2IN4O2/c13-9-3-7(1-2-10(9)15)19-5-8(21-12(19)20)4-18-6-11(14)16-17-18/h1-3,6,8H,4-5H2/t8-/m0/s1. The Hall–Kier alpha value is -1.78. The van der Waals surface area contributed by atoms with E-state index >= 15 is 0 Å². The Balaban J connectivity index is 1.73. The van der Waals surface area contributed by atoms with Gasteiger partial charge < -0.3 is 4.74 Å². The van der Waals surface area contributed by atoms with Crippen molar-refractivity contribution in [3.05, 3.63) is 39.7 Å². The van der Waals surface area contributed by atoms with Crippen LogP contribution in [0.3, 0.4) is 0 Å². The van der Waals surface area contributed by atoms with Crippen LogP contribution < -0.4 is 4.90 Å². The smallest absolute Gasteiger partial charge is 0.414 e. The van der Waals surface area contributed by atoms with E-state index < -0.39 is 24.0 Å². The van der Waals surface area contributed by atoms with Crippen LogP contribution in [0.4, 0.5) is 19.3 Å². The molecule has 0 N–H and O–H groups in total. The SMILES string of the molecule is O=C1O[C@@H](Cn2cc(F)nn2)CN1c1ccc(I)c(F)c1. The van der Waals surface area contributed by atoms with Gasteiger partial charge in [-0.15, -0.1) is 0 Å². The summed E-state index contributed by atoms with van der Waals surface area (Å²) in [4.78, 5) is 13.2. The number of amides is 1. The minimum absolute atomic E-state index is 0.187. The van der Waals surface area contributed by atoms with Gasteiger partial charge in [0.15, 0.2) is 0 Å². The van der Waals surface area contributed by atoms with E-state index in [1.54, 1.807) is 12.1 Å². The molecular weight excluding hydrogens is 397 g/mol. The second-order valence-electron chi connectivity index (χ2n) is 4.48. The van der Waals surface area contributed by atoms with Gasteiger partial charge in [0.2, 0.25) is 0 Å². The largest absolute Gasteiger partial charge is 0.442 e. The van der Waals surface area contributed by atoms with Crippen molar-refractivity contribution in [1.29, 1.82) is 0 Å². The molecule has 21 heavy (non-hydrogen) atoms. The fraction of sp³-hybridized carbons (Fsp3) is 0.250. The van der Waals surface area contributed by atoms with Gasteiger partial charge >= 0.3 is 6.09 Å². The highest BCUT2D eigenvalue weighted by Crippen LogP contribution is 2.25. The van der Waals surface area contributed by atoms with Crippen LogP contribution in [0.25, 0.3) is 0 Å². The van der Waals surface area contributed by atoms with Gasteiger partial charge in [0.05, 0.1) is 25.0 Å². The summed E-state index contributed by atoms with van der Waals surface area (Å²) < 4.78 is 33.2. The molecule has 1 atom stereocenters. The minimum Gasteiger partial charge on any atom is -0.442 e. The highest BCUT2D eigenvalue weighted by molar-refractivity contribution is 14.1. The van der Waals surface area contributed by atoms with Crippen LogP contribution in [-0.2, 0) is 11.3 Å². The maximum Gasteiger partial charge on any atom is 0.414 e. The number of anilines is 1. The first-order chi connectivity index (χ1) is 10.0. The summed E-state index contributed by atoms with van der Waals surface area (Å²) in [6, 6.07) is 4.50. The van der Waals surface area contributed by atoms with Crippen LogP contribution in [0.15, 0.2) is 24.4 Å². The van der Waals surface area contributed by atoms with E-state index in [2.05, 4.69) is 10.3 Å². The van der Waals surface area contributed by atoms with Gasteiger partial charge in [-0.05, 0) is 40.8 Å². The van der Waals surface area contributed by atoms with Gasteiger partial charge in [-0.2, -0.15) is 4.39 Å². The molecule has 0 aliphatic carbocycles. The molecule has 0 spiro atoms. The Kier molecular flexibility index (Phi) is 3.74. The minimum atomic E-state index is -0.698. The molecular formula is C12H9F2IN4O2. The number of hydrogen-bond donors (Lipinski definition) is 0. The molecule has 0 unspecified atom stereocenters. The van der Waals surface area contributed by atoms with E-state index in [0.29, 0.717) is 9.26 Å². The van der Waals surface area contributed by atoms with Gasteiger partial charge in [-0.1, -0.05) is 10.3 Å². The first-order valence-corrected chi connectivity index (χ1v) is 7.09. The quantitative estimate of drug-likeness (QED) is 0.734. The van der Waals surface area contributed by atoms with Crippen molar-refractivity contribution in [3.63, 3.8) is 0 Å². The van der Waals surface area contributed by atoms with E-state index in [4.69, 9.17) is 4.74 Å². The third-order valence-electron chi connectivity index (χ3n) is 2.99. The summed E-state index contributed by atoms with van der Waals surface area (Å²) in [7, 11) is 0. The van der Waals surface area contributed by atoms with Gasteiger partial charge in [0.25, 0.3) is 5.95 Å². The predicted octanol–water partition coefficient (Wildman–Crippen LogP) is 2.19.